The topological polar surface area (TPSA) is 38.9 Å². The molecule has 0 unspecified atom stereocenters. The highest BCUT2D eigenvalue weighted by Gasteiger charge is 1.98. The number of rotatable bonds is 1. The van der Waals surface area contributed by atoms with Gasteiger partial charge in [-0.25, -0.2) is 4.98 Å². The Morgan fingerprint density at radius 2 is 2.40 bits per heavy atom. The van der Waals surface area contributed by atoms with Crippen LogP contribution in [0.5, 0.6) is 0 Å². The van der Waals surface area contributed by atoms with Gasteiger partial charge in [0.25, 0.3) is 0 Å². The summed E-state index contributed by atoms with van der Waals surface area (Å²) in [6, 6.07) is 1.68. The van der Waals surface area contributed by atoms with Crippen LogP contribution in [0.2, 0.25) is 0 Å². The standard InChI is InChI=1S/C6H6FIN2/c7-6-5(8)1-4(2-9)3-10-6/h1,3H,2,9H2. The van der Waals surface area contributed by atoms with Crippen molar-refractivity contribution in [2.45, 2.75) is 6.54 Å². The van der Waals surface area contributed by atoms with Gasteiger partial charge in [-0.05, 0) is 34.2 Å². The number of nitrogens with zero attached hydrogens (tertiary/aromatic N) is 1. The van der Waals surface area contributed by atoms with Crippen LogP contribution in [-0.4, -0.2) is 4.98 Å². The van der Waals surface area contributed by atoms with Gasteiger partial charge in [0.2, 0.25) is 5.95 Å². The lowest BCUT2D eigenvalue weighted by molar-refractivity contribution is 0.574. The first kappa shape index (κ1) is 7.87. The fourth-order valence-electron chi connectivity index (χ4n) is 0.572. The average Bonchev–Trinajstić information content (AvgIpc) is 1.95. The van der Waals surface area contributed by atoms with E-state index in [9.17, 15) is 4.39 Å². The summed E-state index contributed by atoms with van der Waals surface area (Å²) in [6.45, 7) is 0.406. The van der Waals surface area contributed by atoms with Crippen LogP contribution in [0.1, 0.15) is 5.56 Å². The van der Waals surface area contributed by atoms with Crippen LogP contribution in [0, 0.1) is 9.52 Å². The molecular formula is C6H6FIN2. The van der Waals surface area contributed by atoms with Gasteiger partial charge in [-0.1, -0.05) is 0 Å². The largest absolute Gasteiger partial charge is 0.326 e. The molecule has 54 valence electrons. The highest BCUT2D eigenvalue weighted by molar-refractivity contribution is 14.1. The Bertz CT molecular complexity index is 239. The second kappa shape index (κ2) is 3.25. The van der Waals surface area contributed by atoms with E-state index in [4.69, 9.17) is 5.73 Å². The summed E-state index contributed by atoms with van der Waals surface area (Å²) in [6.07, 6.45) is 1.44. The van der Waals surface area contributed by atoms with Crippen molar-refractivity contribution in [1.29, 1.82) is 0 Å². The molecule has 0 saturated heterocycles. The van der Waals surface area contributed by atoms with Crippen molar-refractivity contribution in [3.8, 4) is 0 Å². The highest BCUT2D eigenvalue weighted by Crippen LogP contribution is 2.09. The summed E-state index contributed by atoms with van der Waals surface area (Å²) >= 11 is 1.88. The van der Waals surface area contributed by atoms with Crippen LogP contribution in [0.15, 0.2) is 12.3 Å². The molecule has 4 heteroatoms. The van der Waals surface area contributed by atoms with E-state index in [0.717, 1.165) is 5.56 Å². The zero-order valence-corrected chi connectivity index (χ0v) is 7.30. The number of aromatic nitrogens is 1. The van der Waals surface area contributed by atoms with E-state index in [1.807, 2.05) is 22.6 Å². The van der Waals surface area contributed by atoms with E-state index in [1.165, 1.54) is 6.20 Å². The Balaban J connectivity index is 3.04. The molecule has 1 aromatic heterocycles. The van der Waals surface area contributed by atoms with Gasteiger partial charge in [0.15, 0.2) is 0 Å². The van der Waals surface area contributed by atoms with Crippen molar-refractivity contribution in [3.05, 3.63) is 27.3 Å². The lowest BCUT2D eigenvalue weighted by Gasteiger charge is -1.96. The molecule has 1 rings (SSSR count). The molecule has 1 aromatic rings. The molecule has 0 spiro atoms. The lowest BCUT2D eigenvalue weighted by Crippen LogP contribution is -1.99. The number of hydrogen-bond donors (Lipinski definition) is 1. The maximum atomic E-state index is 12.5. The fraction of sp³-hybridized carbons (Fsp3) is 0.167. The molecule has 0 aliphatic carbocycles. The van der Waals surface area contributed by atoms with Crippen LogP contribution in [-0.2, 0) is 6.54 Å². The summed E-state index contributed by atoms with van der Waals surface area (Å²) in [7, 11) is 0. The number of halogens is 2. The maximum Gasteiger partial charge on any atom is 0.226 e. The van der Waals surface area contributed by atoms with Gasteiger partial charge in [-0.3, -0.25) is 0 Å². The van der Waals surface area contributed by atoms with Gasteiger partial charge in [0.05, 0.1) is 3.57 Å². The molecule has 0 aliphatic heterocycles. The molecule has 2 N–H and O–H groups in total. The normalized spacial score (nSPS) is 9.90. The van der Waals surface area contributed by atoms with E-state index in [-0.39, 0.29) is 0 Å². The van der Waals surface area contributed by atoms with E-state index < -0.39 is 5.95 Å². The summed E-state index contributed by atoms with van der Waals surface area (Å²) in [4.78, 5) is 3.50. The molecule has 2 nitrogen and oxygen atoms in total. The summed E-state index contributed by atoms with van der Waals surface area (Å²) in [5.41, 5.74) is 6.16. The van der Waals surface area contributed by atoms with Crippen molar-refractivity contribution in [3.63, 3.8) is 0 Å². The monoisotopic (exact) mass is 252 g/mol. The molecule has 0 amide bonds. The number of pyridine rings is 1. The Labute approximate surface area is 71.8 Å². The third-order valence-electron chi connectivity index (χ3n) is 1.09. The van der Waals surface area contributed by atoms with Gasteiger partial charge in [-0.2, -0.15) is 4.39 Å². The Kier molecular flexibility index (Phi) is 2.56. The predicted molar refractivity (Wildman–Crippen MR) is 44.8 cm³/mol. The van der Waals surface area contributed by atoms with Crippen LogP contribution >= 0.6 is 22.6 Å². The summed E-state index contributed by atoms with van der Waals surface area (Å²) in [5, 5.41) is 0. The number of hydrogen-bond acceptors (Lipinski definition) is 2. The molecule has 0 radical (unpaired) electrons. The maximum absolute atomic E-state index is 12.5. The van der Waals surface area contributed by atoms with Gasteiger partial charge >= 0.3 is 0 Å². The van der Waals surface area contributed by atoms with E-state index in [0.29, 0.717) is 10.1 Å². The minimum atomic E-state index is -0.433. The SMILES string of the molecule is NCc1cnc(F)c(I)c1. The molecule has 0 bridgehead atoms. The molecule has 0 aromatic carbocycles. The first-order valence-corrected chi connectivity index (χ1v) is 3.82. The first-order valence-electron chi connectivity index (χ1n) is 2.74. The van der Waals surface area contributed by atoms with E-state index in [2.05, 4.69) is 4.98 Å². The third-order valence-corrected chi connectivity index (χ3v) is 1.85. The average molecular weight is 252 g/mol. The molecule has 0 saturated carbocycles. The molecule has 0 atom stereocenters. The number of nitrogens with two attached hydrogens (primary N) is 1. The van der Waals surface area contributed by atoms with E-state index in [1.54, 1.807) is 6.07 Å². The molecule has 1 heterocycles. The van der Waals surface area contributed by atoms with Crippen molar-refractivity contribution < 1.29 is 4.39 Å². The van der Waals surface area contributed by atoms with Gasteiger partial charge < -0.3 is 5.73 Å². The van der Waals surface area contributed by atoms with E-state index >= 15 is 0 Å². The minimum absolute atomic E-state index is 0.406. The fourth-order valence-corrected chi connectivity index (χ4v) is 1.11. The Hall–Kier alpha value is -0.230. The first-order chi connectivity index (χ1) is 4.74. The predicted octanol–water partition coefficient (Wildman–Crippen LogP) is 1.28. The molecule has 10 heavy (non-hydrogen) atoms. The van der Waals surface area contributed by atoms with Crippen LogP contribution in [0.25, 0.3) is 0 Å². The molecular weight excluding hydrogens is 246 g/mol. The van der Waals surface area contributed by atoms with Crippen LogP contribution < -0.4 is 5.73 Å². The van der Waals surface area contributed by atoms with Gasteiger partial charge in [0, 0.05) is 12.7 Å². The zero-order valence-electron chi connectivity index (χ0n) is 5.14. The minimum Gasteiger partial charge on any atom is -0.326 e. The summed E-state index contributed by atoms with van der Waals surface area (Å²) < 4.78 is 13.0. The second-order valence-corrected chi connectivity index (χ2v) is 2.98. The lowest BCUT2D eigenvalue weighted by atomic mass is 10.3. The third kappa shape index (κ3) is 1.63. The molecule has 0 fully saturated rings. The quantitative estimate of drug-likeness (QED) is 0.604. The zero-order chi connectivity index (χ0) is 7.56. The van der Waals surface area contributed by atoms with Gasteiger partial charge in [-0.15, -0.1) is 0 Å². The second-order valence-electron chi connectivity index (χ2n) is 1.82. The molecule has 0 aliphatic rings. The highest BCUT2D eigenvalue weighted by atomic mass is 127. The van der Waals surface area contributed by atoms with Crippen molar-refractivity contribution in [2.75, 3.05) is 0 Å². The summed E-state index contributed by atoms with van der Waals surface area (Å²) in [5.74, 6) is -0.433. The Morgan fingerprint density at radius 1 is 1.70 bits per heavy atom. The van der Waals surface area contributed by atoms with Crippen LogP contribution in [0.3, 0.4) is 0 Å². The van der Waals surface area contributed by atoms with Crippen molar-refractivity contribution in [1.82, 2.24) is 4.98 Å². The van der Waals surface area contributed by atoms with Gasteiger partial charge in [0.1, 0.15) is 0 Å². The smallest absolute Gasteiger partial charge is 0.226 e. The van der Waals surface area contributed by atoms with Crippen molar-refractivity contribution in [2.24, 2.45) is 5.73 Å². The van der Waals surface area contributed by atoms with Crippen molar-refractivity contribution >= 4 is 22.6 Å². The van der Waals surface area contributed by atoms with Crippen LogP contribution in [0.4, 0.5) is 4.39 Å². The Morgan fingerprint density at radius 3 is 2.90 bits per heavy atom.